The summed E-state index contributed by atoms with van der Waals surface area (Å²) in [5.74, 6) is -0.296. The molecule has 5 nitrogen and oxygen atoms in total. The van der Waals surface area contributed by atoms with Gasteiger partial charge in [-0.05, 0) is 43.9 Å². The van der Waals surface area contributed by atoms with E-state index in [2.05, 4.69) is 10.6 Å². The van der Waals surface area contributed by atoms with Gasteiger partial charge in [-0.25, -0.2) is 0 Å². The molecule has 0 aliphatic carbocycles. The summed E-state index contributed by atoms with van der Waals surface area (Å²) in [5.41, 5.74) is 3.33. The number of benzene rings is 2. The van der Waals surface area contributed by atoms with Crippen molar-refractivity contribution in [2.45, 2.75) is 38.7 Å². The van der Waals surface area contributed by atoms with Gasteiger partial charge in [-0.2, -0.15) is 0 Å². The largest absolute Gasteiger partial charge is 0.376 e. The predicted octanol–water partition coefficient (Wildman–Crippen LogP) is 3.48. The van der Waals surface area contributed by atoms with E-state index in [1.54, 1.807) is 18.2 Å². The molecular formula is C22H26N2O3. The van der Waals surface area contributed by atoms with Gasteiger partial charge in [0.05, 0.1) is 17.4 Å². The van der Waals surface area contributed by atoms with Crippen molar-refractivity contribution >= 4 is 17.5 Å². The summed E-state index contributed by atoms with van der Waals surface area (Å²) in [6.45, 7) is 3.29. The Morgan fingerprint density at radius 3 is 2.63 bits per heavy atom. The molecule has 1 fully saturated rings. The maximum Gasteiger partial charge on any atom is 0.253 e. The minimum absolute atomic E-state index is 0.0882. The number of anilines is 1. The molecule has 0 aromatic heterocycles. The molecule has 1 saturated heterocycles. The molecule has 142 valence electrons. The summed E-state index contributed by atoms with van der Waals surface area (Å²) in [6.07, 6.45) is 3.13. The number of nitrogens with one attached hydrogen (secondary N) is 2. The highest BCUT2D eigenvalue weighted by atomic mass is 16.5. The summed E-state index contributed by atoms with van der Waals surface area (Å²) >= 11 is 0. The quantitative estimate of drug-likeness (QED) is 0.788. The van der Waals surface area contributed by atoms with Crippen LogP contribution < -0.4 is 10.6 Å². The summed E-state index contributed by atoms with van der Waals surface area (Å²) in [5, 5.41) is 5.77. The molecule has 27 heavy (non-hydrogen) atoms. The predicted molar refractivity (Wildman–Crippen MR) is 106 cm³/mol. The van der Waals surface area contributed by atoms with Crippen LogP contribution >= 0.6 is 0 Å². The maximum atomic E-state index is 12.5. The highest BCUT2D eigenvalue weighted by molar-refractivity contribution is 6.03. The third kappa shape index (κ3) is 5.66. The minimum atomic E-state index is -0.195. The second-order valence-electron chi connectivity index (χ2n) is 6.92. The lowest BCUT2D eigenvalue weighted by Gasteiger charge is -2.14. The van der Waals surface area contributed by atoms with E-state index in [-0.39, 0.29) is 17.9 Å². The molecule has 2 N–H and O–H groups in total. The number of carbonyl (C=O) groups is 2. The lowest BCUT2D eigenvalue weighted by Crippen LogP contribution is -2.32. The van der Waals surface area contributed by atoms with E-state index in [1.807, 2.05) is 37.3 Å². The van der Waals surface area contributed by atoms with Crippen LogP contribution in [0.5, 0.6) is 0 Å². The molecular weight excluding hydrogens is 340 g/mol. The standard InChI is InChI=1S/C22H26N2O3/c1-16-8-10-17(11-9-16)12-13-21(25)24-20-7-3-2-6-19(20)22(26)23-15-18-5-4-14-27-18/h2-3,6-11,18H,4-5,12-15H2,1H3,(H,23,26)(H,24,25)/t18-/m1/s1. The van der Waals surface area contributed by atoms with Crippen molar-refractivity contribution in [2.75, 3.05) is 18.5 Å². The van der Waals surface area contributed by atoms with Crippen molar-refractivity contribution < 1.29 is 14.3 Å². The third-order valence-electron chi connectivity index (χ3n) is 4.72. The van der Waals surface area contributed by atoms with Gasteiger partial charge in [0.25, 0.3) is 5.91 Å². The first kappa shape index (κ1) is 19.1. The molecule has 0 spiro atoms. The van der Waals surface area contributed by atoms with Crippen molar-refractivity contribution in [3.8, 4) is 0 Å². The molecule has 5 heteroatoms. The topological polar surface area (TPSA) is 67.4 Å². The number of hydrogen-bond acceptors (Lipinski definition) is 3. The third-order valence-corrected chi connectivity index (χ3v) is 4.72. The number of rotatable bonds is 7. The van der Waals surface area contributed by atoms with Crippen molar-refractivity contribution in [1.29, 1.82) is 0 Å². The Hall–Kier alpha value is -2.66. The van der Waals surface area contributed by atoms with Crippen LogP contribution in [0, 0.1) is 6.92 Å². The Bertz CT molecular complexity index is 780. The summed E-state index contributed by atoms with van der Waals surface area (Å²) in [6, 6.07) is 15.2. The lowest BCUT2D eigenvalue weighted by molar-refractivity contribution is -0.116. The number of hydrogen-bond donors (Lipinski definition) is 2. The second kappa shape index (κ2) is 9.33. The summed E-state index contributed by atoms with van der Waals surface area (Å²) < 4.78 is 5.53. The van der Waals surface area contributed by atoms with E-state index in [9.17, 15) is 9.59 Å². The average Bonchev–Trinajstić information content (AvgIpc) is 3.20. The van der Waals surface area contributed by atoms with E-state index in [1.165, 1.54) is 5.56 Å². The number of carbonyl (C=O) groups excluding carboxylic acids is 2. The van der Waals surface area contributed by atoms with Crippen molar-refractivity contribution in [3.63, 3.8) is 0 Å². The van der Waals surface area contributed by atoms with Crippen molar-refractivity contribution in [3.05, 3.63) is 65.2 Å². The number of aryl methyl sites for hydroxylation is 2. The molecule has 0 radical (unpaired) electrons. The van der Waals surface area contributed by atoms with Gasteiger partial charge in [-0.1, -0.05) is 42.0 Å². The lowest BCUT2D eigenvalue weighted by atomic mass is 10.1. The molecule has 1 aliphatic rings. The number of amides is 2. The molecule has 0 saturated carbocycles. The molecule has 0 unspecified atom stereocenters. The van der Waals surface area contributed by atoms with E-state index in [4.69, 9.17) is 4.74 Å². The maximum absolute atomic E-state index is 12.5. The first-order chi connectivity index (χ1) is 13.1. The Labute approximate surface area is 160 Å². The van der Waals surface area contributed by atoms with Crippen LogP contribution in [0.2, 0.25) is 0 Å². The van der Waals surface area contributed by atoms with Crippen LogP contribution in [0.15, 0.2) is 48.5 Å². The van der Waals surface area contributed by atoms with E-state index in [0.717, 1.165) is 25.0 Å². The van der Waals surface area contributed by atoms with Crippen LogP contribution in [-0.4, -0.2) is 31.1 Å². The van der Waals surface area contributed by atoms with Crippen LogP contribution in [0.3, 0.4) is 0 Å². The van der Waals surface area contributed by atoms with Gasteiger partial charge in [0.15, 0.2) is 0 Å². The molecule has 1 atom stereocenters. The summed E-state index contributed by atoms with van der Waals surface area (Å²) in [4.78, 5) is 24.8. The first-order valence-electron chi connectivity index (χ1n) is 9.46. The van der Waals surface area contributed by atoms with Gasteiger partial charge < -0.3 is 15.4 Å². The van der Waals surface area contributed by atoms with Crippen LogP contribution in [0.1, 0.15) is 40.7 Å². The van der Waals surface area contributed by atoms with Crippen molar-refractivity contribution in [1.82, 2.24) is 5.32 Å². The average molecular weight is 366 g/mol. The zero-order chi connectivity index (χ0) is 19.1. The van der Waals surface area contributed by atoms with E-state index >= 15 is 0 Å². The zero-order valence-electron chi connectivity index (χ0n) is 15.7. The zero-order valence-corrected chi connectivity index (χ0v) is 15.7. The highest BCUT2D eigenvalue weighted by Crippen LogP contribution is 2.17. The molecule has 0 bridgehead atoms. The van der Waals surface area contributed by atoms with Crippen LogP contribution in [0.4, 0.5) is 5.69 Å². The van der Waals surface area contributed by atoms with Gasteiger partial charge in [-0.3, -0.25) is 9.59 Å². The van der Waals surface area contributed by atoms with Crippen LogP contribution in [0.25, 0.3) is 0 Å². The Balaban J connectivity index is 1.55. The summed E-state index contributed by atoms with van der Waals surface area (Å²) in [7, 11) is 0. The fraction of sp³-hybridized carbons (Fsp3) is 0.364. The Morgan fingerprint density at radius 2 is 1.89 bits per heavy atom. The first-order valence-corrected chi connectivity index (χ1v) is 9.46. The van der Waals surface area contributed by atoms with Gasteiger partial charge in [0.2, 0.25) is 5.91 Å². The SMILES string of the molecule is Cc1ccc(CCC(=O)Nc2ccccc2C(=O)NC[C@H]2CCCO2)cc1. The second-order valence-corrected chi connectivity index (χ2v) is 6.92. The normalized spacial score (nSPS) is 16.1. The van der Waals surface area contributed by atoms with Crippen LogP contribution in [-0.2, 0) is 16.0 Å². The number of para-hydroxylation sites is 1. The molecule has 2 amide bonds. The highest BCUT2D eigenvalue weighted by Gasteiger charge is 2.18. The van der Waals surface area contributed by atoms with Crippen molar-refractivity contribution in [2.24, 2.45) is 0 Å². The fourth-order valence-electron chi connectivity index (χ4n) is 3.12. The fourth-order valence-corrected chi connectivity index (χ4v) is 3.12. The van der Waals surface area contributed by atoms with Gasteiger partial charge >= 0.3 is 0 Å². The smallest absolute Gasteiger partial charge is 0.253 e. The van der Waals surface area contributed by atoms with Gasteiger partial charge in [-0.15, -0.1) is 0 Å². The number of ether oxygens (including phenoxy) is 1. The van der Waals surface area contributed by atoms with E-state index in [0.29, 0.717) is 30.6 Å². The molecule has 1 aliphatic heterocycles. The van der Waals surface area contributed by atoms with Gasteiger partial charge in [0, 0.05) is 19.6 Å². The minimum Gasteiger partial charge on any atom is -0.376 e. The Morgan fingerprint density at radius 1 is 1.11 bits per heavy atom. The molecule has 2 aromatic rings. The Kier molecular flexibility index (Phi) is 6.60. The molecule has 1 heterocycles. The molecule has 3 rings (SSSR count). The molecule has 2 aromatic carbocycles. The van der Waals surface area contributed by atoms with E-state index < -0.39 is 0 Å². The monoisotopic (exact) mass is 366 g/mol. The van der Waals surface area contributed by atoms with Gasteiger partial charge in [0.1, 0.15) is 0 Å².